The minimum atomic E-state index is -3.80. The molecule has 0 aliphatic carbocycles. The number of hydrogen-bond donors (Lipinski definition) is 2. The van der Waals surface area contributed by atoms with Crippen molar-refractivity contribution in [2.24, 2.45) is 5.92 Å². The van der Waals surface area contributed by atoms with Gasteiger partial charge in [0.15, 0.2) is 0 Å². The molecule has 9 heteroatoms. The Morgan fingerprint density at radius 3 is 2.52 bits per heavy atom. The molecular formula is C22H31N5O3S. The number of carbonyl (C=O) groups is 1. The van der Waals surface area contributed by atoms with Gasteiger partial charge in [-0.25, -0.2) is 18.4 Å². The van der Waals surface area contributed by atoms with Crippen LogP contribution in [0.4, 0.5) is 5.95 Å². The number of benzene rings is 1. The molecule has 0 radical (unpaired) electrons. The van der Waals surface area contributed by atoms with Crippen LogP contribution in [0.1, 0.15) is 38.7 Å². The third-order valence-electron chi connectivity index (χ3n) is 5.26. The molecule has 0 bridgehead atoms. The number of amides is 1. The fourth-order valence-corrected chi connectivity index (χ4v) is 4.89. The van der Waals surface area contributed by atoms with Crippen LogP contribution in [0.15, 0.2) is 47.6 Å². The Morgan fingerprint density at radius 2 is 1.87 bits per heavy atom. The van der Waals surface area contributed by atoms with Gasteiger partial charge in [0.1, 0.15) is 6.04 Å². The molecule has 3 rings (SSSR count). The molecule has 168 valence electrons. The zero-order chi connectivity index (χ0) is 22.4. The fraction of sp³-hybridized carbons (Fsp3) is 0.500. The molecule has 8 nitrogen and oxygen atoms in total. The lowest BCUT2D eigenvalue weighted by Crippen LogP contribution is -2.54. The van der Waals surface area contributed by atoms with Crippen molar-refractivity contribution in [1.29, 1.82) is 0 Å². The summed E-state index contributed by atoms with van der Waals surface area (Å²) in [6, 6.07) is 7.44. The van der Waals surface area contributed by atoms with Crippen molar-refractivity contribution >= 4 is 21.9 Å². The van der Waals surface area contributed by atoms with E-state index >= 15 is 0 Å². The average Bonchev–Trinajstić information content (AvgIpc) is 2.74. The maximum Gasteiger partial charge on any atom is 0.241 e. The average molecular weight is 446 g/mol. The molecule has 0 spiro atoms. The van der Waals surface area contributed by atoms with Crippen LogP contribution in [0.5, 0.6) is 0 Å². The number of anilines is 1. The number of nitrogens with one attached hydrogen (secondary N) is 2. The SMILES string of the molecule is Cc1ccc(S(=O)(=O)NC(CC(C)C)C(=O)NC2CCCN(c3ncccn3)C2)cc1. The second-order valence-electron chi connectivity index (χ2n) is 8.46. The lowest BCUT2D eigenvalue weighted by Gasteiger charge is -2.34. The van der Waals surface area contributed by atoms with Crippen molar-refractivity contribution < 1.29 is 13.2 Å². The Kier molecular flexibility index (Phi) is 7.61. The van der Waals surface area contributed by atoms with E-state index in [0.29, 0.717) is 18.9 Å². The van der Waals surface area contributed by atoms with Crippen LogP contribution >= 0.6 is 0 Å². The van der Waals surface area contributed by atoms with Gasteiger partial charge in [-0.15, -0.1) is 0 Å². The van der Waals surface area contributed by atoms with Gasteiger partial charge < -0.3 is 10.2 Å². The van der Waals surface area contributed by atoms with Crippen LogP contribution in [0.3, 0.4) is 0 Å². The molecule has 2 N–H and O–H groups in total. The summed E-state index contributed by atoms with van der Waals surface area (Å²) in [6.07, 6.45) is 5.53. The van der Waals surface area contributed by atoms with E-state index < -0.39 is 16.1 Å². The van der Waals surface area contributed by atoms with E-state index in [0.717, 1.165) is 24.9 Å². The van der Waals surface area contributed by atoms with Crippen molar-refractivity contribution in [1.82, 2.24) is 20.0 Å². The zero-order valence-corrected chi connectivity index (χ0v) is 19.1. The predicted molar refractivity (Wildman–Crippen MR) is 120 cm³/mol. The number of aromatic nitrogens is 2. The highest BCUT2D eigenvalue weighted by Gasteiger charge is 2.30. The summed E-state index contributed by atoms with van der Waals surface area (Å²) >= 11 is 0. The van der Waals surface area contributed by atoms with Crippen LogP contribution in [0.25, 0.3) is 0 Å². The molecule has 0 saturated carbocycles. The summed E-state index contributed by atoms with van der Waals surface area (Å²) < 4.78 is 28.3. The summed E-state index contributed by atoms with van der Waals surface area (Å²) in [7, 11) is -3.80. The molecule has 1 amide bonds. The van der Waals surface area contributed by atoms with Crippen LogP contribution < -0.4 is 14.9 Å². The Hall–Kier alpha value is -2.52. The minimum Gasteiger partial charge on any atom is -0.350 e. The first-order chi connectivity index (χ1) is 14.7. The number of sulfonamides is 1. The molecule has 2 aromatic rings. The van der Waals surface area contributed by atoms with E-state index in [1.165, 1.54) is 0 Å². The van der Waals surface area contributed by atoms with Crippen LogP contribution in [-0.4, -0.2) is 49.5 Å². The zero-order valence-electron chi connectivity index (χ0n) is 18.3. The van der Waals surface area contributed by atoms with Gasteiger partial charge in [0.05, 0.1) is 4.90 Å². The van der Waals surface area contributed by atoms with Crippen LogP contribution in [-0.2, 0) is 14.8 Å². The molecule has 31 heavy (non-hydrogen) atoms. The summed E-state index contributed by atoms with van der Waals surface area (Å²) in [5.74, 6) is 0.488. The predicted octanol–water partition coefficient (Wildman–Crippen LogP) is 2.26. The van der Waals surface area contributed by atoms with Gasteiger partial charge in [-0.3, -0.25) is 4.79 Å². The molecule has 1 fully saturated rings. The molecule has 1 aromatic carbocycles. The van der Waals surface area contributed by atoms with Crippen molar-refractivity contribution in [2.45, 2.75) is 57.0 Å². The van der Waals surface area contributed by atoms with E-state index in [1.807, 2.05) is 25.7 Å². The number of piperidine rings is 1. The van der Waals surface area contributed by atoms with E-state index in [4.69, 9.17) is 0 Å². The van der Waals surface area contributed by atoms with E-state index in [2.05, 4.69) is 20.0 Å². The van der Waals surface area contributed by atoms with Crippen molar-refractivity contribution in [2.75, 3.05) is 18.0 Å². The van der Waals surface area contributed by atoms with Crippen molar-refractivity contribution in [3.8, 4) is 0 Å². The highest BCUT2D eigenvalue weighted by atomic mass is 32.2. The molecular weight excluding hydrogens is 414 g/mol. The van der Waals surface area contributed by atoms with E-state index in [-0.39, 0.29) is 22.8 Å². The smallest absolute Gasteiger partial charge is 0.241 e. The Bertz CT molecular complexity index is 964. The van der Waals surface area contributed by atoms with E-state index in [1.54, 1.807) is 42.7 Å². The van der Waals surface area contributed by atoms with Crippen LogP contribution in [0, 0.1) is 12.8 Å². The van der Waals surface area contributed by atoms with Gasteiger partial charge in [0.2, 0.25) is 21.9 Å². The fourth-order valence-electron chi connectivity index (χ4n) is 3.69. The monoisotopic (exact) mass is 445 g/mol. The summed E-state index contributed by atoms with van der Waals surface area (Å²) in [6.45, 7) is 7.25. The summed E-state index contributed by atoms with van der Waals surface area (Å²) in [5, 5.41) is 3.04. The minimum absolute atomic E-state index is 0.0939. The van der Waals surface area contributed by atoms with Gasteiger partial charge in [0, 0.05) is 31.5 Å². The third-order valence-corrected chi connectivity index (χ3v) is 6.74. The van der Waals surface area contributed by atoms with Gasteiger partial charge in [-0.1, -0.05) is 31.5 Å². The second kappa shape index (κ2) is 10.2. The largest absolute Gasteiger partial charge is 0.350 e. The number of rotatable bonds is 8. The maximum atomic E-state index is 13.1. The number of aryl methyl sites for hydroxylation is 1. The quantitative estimate of drug-likeness (QED) is 0.646. The van der Waals surface area contributed by atoms with Gasteiger partial charge in [-0.2, -0.15) is 4.72 Å². The normalized spacial score (nSPS) is 18.1. The highest BCUT2D eigenvalue weighted by Crippen LogP contribution is 2.17. The number of nitrogens with zero attached hydrogens (tertiary/aromatic N) is 3. The third kappa shape index (κ3) is 6.48. The first-order valence-corrected chi connectivity index (χ1v) is 12.1. The van der Waals surface area contributed by atoms with E-state index in [9.17, 15) is 13.2 Å². The molecule has 1 aliphatic heterocycles. The second-order valence-corrected chi connectivity index (χ2v) is 10.2. The molecule has 2 unspecified atom stereocenters. The summed E-state index contributed by atoms with van der Waals surface area (Å²) in [5.41, 5.74) is 0.972. The summed E-state index contributed by atoms with van der Waals surface area (Å²) in [4.78, 5) is 23.8. The van der Waals surface area contributed by atoms with Gasteiger partial charge in [-0.05, 0) is 50.3 Å². The van der Waals surface area contributed by atoms with Gasteiger partial charge >= 0.3 is 0 Å². The topological polar surface area (TPSA) is 104 Å². The Labute approximate surface area is 184 Å². The van der Waals surface area contributed by atoms with Gasteiger partial charge in [0.25, 0.3) is 0 Å². The molecule has 1 aliphatic rings. The lowest BCUT2D eigenvalue weighted by atomic mass is 10.0. The first-order valence-electron chi connectivity index (χ1n) is 10.7. The first kappa shape index (κ1) is 23.1. The number of carbonyl (C=O) groups excluding carboxylic acids is 1. The Balaban J connectivity index is 1.68. The standard InChI is InChI=1S/C22H31N5O3S/c1-16(2)14-20(26-31(29,30)19-9-7-17(3)8-10-19)21(28)25-18-6-4-13-27(15-18)22-23-11-5-12-24-22/h5,7-12,16,18,20,26H,4,6,13-15H2,1-3H3,(H,25,28). The molecule has 1 aromatic heterocycles. The maximum absolute atomic E-state index is 13.1. The molecule has 1 saturated heterocycles. The highest BCUT2D eigenvalue weighted by molar-refractivity contribution is 7.89. The molecule has 2 heterocycles. The molecule has 2 atom stereocenters. The van der Waals surface area contributed by atoms with Crippen molar-refractivity contribution in [3.05, 3.63) is 48.3 Å². The Morgan fingerprint density at radius 1 is 1.19 bits per heavy atom. The van der Waals surface area contributed by atoms with Crippen LogP contribution in [0.2, 0.25) is 0 Å². The number of hydrogen-bond acceptors (Lipinski definition) is 6. The lowest BCUT2D eigenvalue weighted by molar-refractivity contribution is -0.123. The van der Waals surface area contributed by atoms with Crippen molar-refractivity contribution in [3.63, 3.8) is 0 Å².